The number of nitrogens with one attached hydrogen (secondary N) is 1. The van der Waals surface area contributed by atoms with Crippen LogP contribution >= 0.6 is 0 Å². The number of hydrogen-bond donors (Lipinski definition) is 1. The molecule has 2 nitrogen and oxygen atoms in total. The fraction of sp³-hybridized carbons (Fsp3) is 0.750. The summed E-state index contributed by atoms with van der Waals surface area (Å²) in [6.07, 6.45) is 3.89. The lowest BCUT2D eigenvalue weighted by Crippen LogP contribution is -3.11. The van der Waals surface area contributed by atoms with Gasteiger partial charge in [0.15, 0.2) is 0 Å². The SMILES string of the molecule is CCC1=CCC(C)(C)[NH+]1[O-]. The maximum Gasteiger partial charge on any atom is 0.103 e. The van der Waals surface area contributed by atoms with Gasteiger partial charge in [0.25, 0.3) is 0 Å². The van der Waals surface area contributed by atoms with Crippen LogP contribution in [-0.2, 0) is 0 Å². The molecule has 58 valence electrons. The lowest BCUT2D eigenvalue weighted by Gasteiger charge is -2.33. The molecule has 0 saturated carbocycles. The van der Waals surface area contributed by atoms with Crippen molar-refractivity contribution in [2.45, 2.75) is 39.2 Å². The highest BCUT2D eigenvalue weighted by molar-refractivity contribution is 5.01. The van der Waals surface area contributed by atoms with Gasteiger partial charge in [-0.05, 0) is 19.9 Å². The van der Waals surface area contributed by atoms with E-state index in [0.717, 1.165) is 18.5 Å². The number of allylic oxidation sites excluding steroid dienone is 1. The quantitative estimate of drug-likeness (QED) is 0.538. The van der Waals surface area contributed by atoms with E-state index in [0.29, 0.717) is 5.06 Å². The Balaban J connectivity index is 2.69. The number of hydroxylamine groups is 2. The molecular formula is C8H15NO. The van der Waals surface area contributed by atoms with Crippen molar-refractivity contribution < 1.29 is 5.06 Å². The van der Waals surface area contributed by atoms with Gasteiger partial charge in [-0.3, -0.25) is 0 Å². The molecule has 0 aromatic rings. The van der Waals surface area contributed by atoms with E-state index < -0.39 is 0 Å². The van der Waals surface area contributed by atoms with E-state index in [1.54, 1.807) is 0 Å². The van der Waals surface area contributed by atoms with Crippen LogP contribution in [0.2, 0.25) is 0 Å². The second-order valence-electron chi connectivity index (χ2n) is 3.50. The Morgan fingerprint density at radius 1 is 1.70 bits per heavy atom. The fourth-order valence-electron chi connectivity index (χ4n) is 1.30. The molecule has 0 fully saturated rings. The number of quaternary nitrogens is 1. The second-order valence-corrected chi connectivity index (χ2v) is 3.50. The van der Waals surface area contributed by atoms with Crippen molar-refractivity contribution in [2.24, 2.45) is 0 Å². The number of rotatable bonds is 1. The van der Waals surface area contributed by atoms with Crippen LogP contribution in [0.4, 0.5) is 0 Å². The van der Waals surface area contributed by atoms with Crippen molar-refractivity contribution in [3.05, 3.63) is 17.0 Å². The molecule has 1 N–H and O–H groups in total. The minimum absolute atomic E-state index is 0.106. The van der Waals surface area contributed by atoms with E-state index in [1.807, 2.05) is 20.8 Å². The van der Waals surface area contributed by atoms with Crippen molar-refractivity contribution >= 4 is 0 Å². The second kappa shape index (κ2) is 2.36. The Morgan fingerprint density at radius 2 is 2.30 bits per heavy atom. The van der Waals surface area contributed by atoms with Crippen LogP contribution in [0.15, 0.2) is 11.8 Å². The molecule has 1 aliphatic rings. The molecule has 0 amide bonds. The molecule has 1 aliphatic heterocycles. The summed E-state index contributed by atoms with van der Waals surface area (Å²) in [5.74, 6) is 0. The average Bonchev–Trinajstić information content (AvgIpc) is 2.10. The van der Waals surface area contributed by atoms with Crippen LogP contribution in [0, 0.1) is 5.21 Å². The van der Waals surface area contributed by atoms with Crippen LogP contribution in [-0.4, -0.2) is 5.54 Å². The molecule has 0 radical (unpaired) electrons. The molecule has 1 rings (SSSR count). The Morgan fingerprint density at radius 3 is 2.50 bits per heavy atom. The normalized spacial score (nSPS) is 30.4. The summed E-state index contributed by atoms with van der Waals surface area (Å²) < 4.78 is 0. The zero-order valence-corrected chi connectivity index (χ0v) is 6.90. The van der Waals surface area contributed by atoms with Crippen molar-refractivity contribution in [1.29, 1.82) is 0 Å². The first kappa shape index (κ1) is 7.76. The maximum absolute atomic E-state index is 11.4. The Labute approximate surface area is 62.1 Å². The highest BCUT2D eigenvalue weighted by Crippen LogP contribution is 2.14. The Bertz CT molecular complexity index is 161. The molecule has 0 saturated heterocycles. The van der Waals surface area contributed by atoms with E-state index in [9.17, 15) is 5.21 Å². The molecule has 0 aliphatic carbocycles. The van der Waals surface area contributed by atoms with Gasteiger partial charge in [0.05, 0.1) is 5.54 Å². The third-order valence-corrected chi connectivity index (χ3v) is 2.15. The lowest BCUT2D eigenvalue weighted by molar-refractivity contribution is -0.856. The van der Waals surface area contributed by atoms with Crippen LogP contribution in [0.1, 0.15) is 33.6 Å². The van der Waals surface area contributed by atoms with E-state index in [1.165, 1.54) is 0 Å². The molecule has 1 heterocycles. The van der Waals surface area contributed by atoms with Crippen molar-refractivity contribution in [3.63, 3.8) is 0 Å². The van der Waals surface area contributed by atoms with Crippen LogP contribution < -0.4 is 5.06 Å². The van der Waals surface area contributed by atoms with Gasteiger partial charge in [-0.1, -0.05) is 6.92 Å². The van der Waals surface area contributed by atoms with Crippen LogP contribution in [0.5, 0.6) is 0 Å². The smallest absolute Gasteiger partial charge is 0.103 e. The van der Waals surface area contributed by atoms with Gasteiger partial charge >= 0.3 is 0 Å². The summed E-state index contributed by atoms with van der Waals surface area (Å²) >= 11 is 0. The molecule has 0 bridgehead atoms. The topological polar surface area (TPSA) is 27.5 Å². The Hall–Kier alpha value is -0.340. The molecule has 1 atom stereocenters. The van der Waals surface area contributed by atoms with Crippen molar-refractivity contribution in [2.75, 3.05) is 0 Å². The lowest BCUT2D eigenvalue weighted by atomic mass is 10.0. The predicted octanol–water partition coefficient (Wildman–Crippen LogP) is 0.845. The van der Waals surface area contributed by atoms with Gasteiger partial charge in [-0.15, -0.1) is 0 Å². The molecule has 1 unspecified atom stereocenters. The summed E-state index contributed by atoms with van der Waals surface area (Å²) in [5.41, 5.74) is 0.913. The summed E-state index contributed by atoms with van der Waals surface area (Å²) in [7, 11) is 0. The molecule has 0 aromatic heterocycles. The highest BCUT2D eigenvalue weighted by atomic mass is 16.5. The fourth-order valence-corrected chi connectivity index (χ4v) is 1.30. The van der Waals surface area contributed by atoms with Crippen LogP contribution in [0.25, 0.3) is 0 Å². The van der Waals surface area contributed by atoms with Gasteiger partial charge in [0.2, 0.25) is 0 Å². The molecule has 0 aromatic carbocycles. The third kappa shape index (κ3) is 1.09. The first-order valence-electron chi connectivity index (χ1n) is 3.82. The third-order valence-electron chi connectivity index (χ3n) is 2.15. The van der Waals surface area contributed by atoms with Crippen molar-refractivity contribution in [3.8, 4) is 0 Å². The van der Waals surface area contributed by atoms with E-state index in [-0.39, 0.29) is 5.54 Å². The largest absolute Gasteiger partial charge is 0.629 e. The zero-order chi connectivity index (χ0) is 7.78. The van der Waals surface area contributed by atoms with E-state index in [2.05, 4.69) is 6.08 Å². The molecule has 0 spiro atoms. The molecule has 10 heavy (non-hydrogen) atoms. The van der Waals surface area contributed by atoms with E-state index in [4.69, 9.17) is 0 Å². The molecular weight excluding hydrogens is 126 g/mol. The predicted molar refractivity (Wildman–Crippen MR) is 41.4 cm³/mol. The van der Waals surface area contributed by atoms with Gasteiger partial charge < -0.3 is 10.3 Å². The molecule has 2 heteroatoms. The van der Waals surface area contributed by atoms with Gasteiger partial charge in [-0.2, -0.15) is 0 Å². The Kier molecular flexibility index (Phi) is 1.84. The van der Waals surface area contributed by atoms with E-state index >= 15 is 0 Å². The monoisotopic (exact) mass is 141 g/mol. The minimum atomic E-state index is -0.106. The highest BCUT2D eigenvalue weighted by Gasteiger charge is 2.31. The van der Waals surface area contributed by atoms with Crippen molar-refractivity contribution in [1.82, 2.24) is 0 Å². The zero-order valence-electron chi connectivity index (χ0n) is 6.90. The average molecular weight is 141 g/mol. The first-order chi connectivity index (χ1) is 4.58. The summed E-state index contributed by atoms with van der Waals surface area (Å²) in [4.78, 5) is 0. The van der Waals surface area contributed by atoms with Gasteiger partial charge in [0, 0.05) is 12.8 Å². The summed E-state index contributed by atoms with van der Waals surface area (Å²) in [5, 5.41) is 11.7. The van der Waals surface area contributed by atoms with Gasteiger partial charge in [0.1, 0.15) is 5.70 Å². The number of hydrogen-bond acceptors (Lipinski definition) is 1. The standard InChI is InChI=1S/C8H15NO/c1-4-7-5-6-8(2,3)9(7)10/h5,9H,4,6H2,1-3H3. The minimum Gasteiger partial charge on any atom is -0.629 e. The summed E-state index contributed by atoms with van der Waals surface area (Å²) in [6, 6.07) is 0. The van der Waals surface area contributed by atoms with Gasteiger partial charge in [-0.25, -0.2) is 0 Å². The maximum atomic E-state index is 11.4. The first-order valence-corrected chi connectivity index (χ1v) is 3.82. The summed E-state index contributed by atoms with van der Waals surface area (Å²) in [6.45, 7) is 6.05. The van der Waals surface area contributed by atoms with Crippen LogP contribution in [0.3, 0.4) is 0 Å².